The molecule has 0 spiro atoms. The topological polar surface area (TPSA) is 29.1 Å². The lowest BCUT2D eigenvalue weighted by Crippen LogP contribution is -2.33. The summed E-state index contributed by atoms with van der Waals surface area (Å²) in [6.45, 7) is 4.18. The second-order valence-electron chi connectivity index (χ2n) is 4.21. The fourth-order valence-corrected chi connectivity index (χ4v) is 1.96. The summed E-state index contributed by atoms with van der Waals surface area (Å²) in [7, 11) is 0. The maximum atomic E-state index is 11.7. The fraction of sp³-hybridized carbons (Fsp3) is 0.500. The van der Waals surface area contributed by atoms with Crippen molar-refractivity contribution in [3.63, 3.8) is 0 Å². The summed E-state index contributed by atoms with van der Waals surface area (Å²) < 4.78 is 0. The maximum Gasteiger partial charge on any atom is 0.220 e. The van der Waals surface area contributed by atoms with E-state index in [-0.39, 0.29) is 5.91 Å². The Balaban J connectivity index is 2.38. The summed E-state index contributed by atoms with van der Waals surface area (Å²) in [6.07, 6.45) is 3.24. The number of carbonyl (C=O) groups excluding carboxylic acids is 1. The Labute approximate surface area is 108 Å². The third-order valence-electron chi connectivity index (χ3n) is 2.88. The van der Waals surface area contributed by atoms with Gasteiger partial charge in [0, 0.05) is 17.5 Å². The second-order valence-corrected chi connectivity index (χ2v) is 4.65. The number of nitrogens with one attached hydrogen (secondary N) is 1. The standard InChI is InChI=1S/C14H20ClNO/c1-3-13(4-2)16-14(17)9-8-11-6-5-7-12(15)10-11/h5-7,10,13H,3-4,8-9H2,1-2H3,(H,16,17). The van der Waals surface area contributed by atoms with Gasteiger partial charge in [0.1, 0.15) is 0 Å². The first-order valence-corrected chi connectivity index (χ1v) is 6.57. The van der Waals surface area contributed by atoms with Gasteiger partial charge in [-0.15, -0.1) is 0 Å². The van der Waals surface area contributed by atoms with Crippen LogP contribution in [0.5, 0.6) is 0 Å². The van der Waals surface area contributed by atoms with Gasteiger partial charge in [-0.25, -0.2) is 0 Å². The van der Waals surface area contributed by atoms with Crippen LogP contribution in [0.1, 0.15) is 38.7 Å². The smallest absolute Gasteiger partial charge is 0.220 e. The van der Waals surface area contributed by atoms with Gasteiger partial charge in [0.05, 0.1) is 0 Å². The van der Waals surface area contributed by atoms with E-state index in [1.54, 1.807) is 0 Å². The molecular weight excluding hydrogens is 234 g/mol. The summed E-state index contributed by atoms with van der Waals surface area (Å²) >= 11 is 5.89. The summed E-state index contributed by atoms with van der Waals surface area (Å²) in [5.41, 5.74) is 1.11. The minimum Gasteiger partial charge on any atom is -0.353 e. The van der Waals surface area contributed by atoms with E-state index < -0.39 is 0 Å². The molecular formula is C14H20ClNO. The average Bonchev–Trinajstić information content (AvgIpc) is 2.33. The number of amides is 1. The number of hydrogen-bond acceptors (Lipinski definition) is 1. The molecule has 1 amide bonds. The predicted octanol–water partition coefficient (Wildman–Crippen LogP) is 3.58. The Kier molecular flexibility index (Phi) is 6.06. The van der Waals surface area contributed by atoms with Gasteiger partial charge in [-0.1, -0.05) is 37.6 Å². The number of rotatable bonds is 6. The van der Waals surface area contributed by atoms with Crippen molar-refractivity contribution in [3.05, 3.63) is 34.9 Å². The number of halogens is 1. The van der Waals surface area contributed by atoms with Gasteiger partial charge in [-0.05, 0) is 37.0 Å². The van der Waals surface area contributed by atoms with Gasteiger partial charge in [0.2, 0.25) is 5.91 Å². The van der Waals surface area contributed by atoms with Gasteiger partial charge >= 0.3 is 0 Å². The van der Waals surface area contributed by atoms with Crippen molar-refractivity contribution in [2.45, 2.75) is 45.6 Å². The molecule has 1 aromatic rings. The zero-order chi connectivity index (χ0) is 12.7. The molecule has 1 aromatic carbocycles. The molecule has 0 aliphatic carbocycles. The van der Waals surface area contributed by atoms with Crippen LogP contribution in [0.25, 0.3) is 0 Å². The molecule has 0 unspecified atom stereocenters. The molecule has 3 heteroatoms. The monoisotopic (exact) mass is 253 g/mol. The van der Waals surface area contributed by atoms with Crippen LogP contribution in [0.2, 0.25) is 5.02 Å². The van der Waals surface area contributed by atoms with Crippen LogP contribution in [0.3, 0.4) is 0 Å². The number of carbonyl (C=O) groups is 1. The molecule has 0 atom stereocenters. The van der Waals surface area contributed by atoms with E-state index >= 15 is 0 Å². The molecule has 0 bridgehead atoms. The minimum atomic E-state index is 0.124. The van der Waals surface area contributed by atoms with Crippen molar-refractivity contribution in [2.75, 3.05) is 0 Å². The van der Waals surface area contributed by atoms with Crippen molar-refractivity contribution >= 4 is 17.5 Å². The van der Waals surface area contributed by atoms with E-state index in [1.807, 2.05) is 24.3 Å². The van der Waals surface area contributed by atoms with E-state index in [2.05, 4.69) is 19.2 Å². The van der Waals surface area contributed by atoms with Crippen LogP contribution in [0.4, 0.5) is 0 Å². The summed E-state index contributed by atoms with van der Waals surface area (Å²) in [6, 6.07) is 7.97. The van der Waals surface area contributed by atoms with Crippen molar-refractivity contribution in [3.8, 4) is 0 Å². The van der Waals surface area contributed by atoms with Crippen LogP contribution < -0.4 is 5.32 Å². The molecule has 2 nitrogen and oxygen atoms in total. The van der Waals surface area contributed by atoms with Crippen molar-refractivity contribution < 1.29 is 4.79 Å². The Morgan fingerprint density at radius 2 is 2.06 bits per heavy atom. The molecule has 0 aromatic heterocycles. The molecule has 1 N–H and O–H groups in total. The summed E-state index contributed by atoms with van der Waals surface area (Å²) in [5, 5.41) is 3.75. The first-order chi connectivity index (χ1) is 8.15. The van der Waals surface area contributed by atoms with Gasteiger partial charge in [0.25, 0.3) is 0 Å². The molecule has 0 heterocycles. The van der Waals surface area contributed by atoms with Crippen LogP contribution in [0, 0.1) is 0 Å². The first-order valence-electron chi connectivity index (χ1n) is 6.19. The zero-order valence-electron chi connectivity index (χ0n) is 10.5. The highest BCUT2D eigenvalue weighted by Crippen LogP contribution is 2.12. The van der Waals surface area contributed by atoms with Gasteiger partial charge in [-0.3, -0.25) is 4.79 Å². The number of benzene rings is 1. The fourth-order valence-electron chi connectivity index (χ4n) is 1.74. The van der Waals surface area contributed by atoms with Crippen molar-refractivity contribution in [1.82, 2.24) is 5.32 Å². The molecule has 0 aliphatic rings. The average molecular weight is 254 g/mol. The lowest BCUT2D eigenvalue weighted by molar-refractivity contribution is -0.121. The molecule has 0 aliphatic heterocycles. The highest BCUT2D eigenvalue weighted by Gasteiger charge is 2.08. The third-order valence-corrected chi connectivity index (χ3v) is 3.12. The number of hydrogen-bond donors (Lipinski definition) is 1. The van der Waals surface area contributed by atoms with Crippen molar-refractivity contribution in [2.24, 2.45) is 0 Å². The van der Waals surface area contributed by atoms with E-state index in [0.29, 0.717) is 12.5 Å². The van der Waals surface area contributed by atoms with Crippen LogP contribution >= 0.6 is 11.6 Å². The van der Waals surface area contributed by atoms with E-state index in [1.165, 1.54) is 0 Å². The largest absolute Gasteiger partial charge is 0.353 e. The maximum absolute atomic E-state index is 11.7. The molecule has 0 saturated carbocycles. The predicted molar refractivity (Wildman–Crippen MR) is 72.3 cm³/mol. The summed E-state index contributed by atoms with van der Waals surface area (Å²) in [5.74, 6) is 0.124. The second kappa shape index (κ2) is 7.33. The Bertz CT molecular complexity index is 361. The first kappa shape index (κ1) is 14.0. The van der Waals surface area contributed by atoms with Gasteiger partial charge in [0.15, 0.2) is 0 Å². The van der Waals surface area contributed by atoms with Crippen LogP contribution in [0.15, 0.2) is 24.3 Å². The minimum absolute atomic E-state index is 0.124. The molecule has 94 valence electrons. The molecule has 1 rings (SSSR count). The zero-order valence-corrected chi connectivity index (χ0v) is 11.3. The third kappa shape index (κ3) is 5.22. The Morgan fingerprint density at radius 1 is 1.35 bits per heavy atom. The van der Waals surface area contributed by atoms with Crippen LogP contribution in [-0.4, -0.2) is 11.9 Å². The van der Waals surface area contributed by atoms with Crippen LogP contribution in [-0.2, 0) is 11.2 Å². The van der Waals surface area contributed by atoms with E-state index in [4.69, 9.17) is 11.6 Å². The molecule has 0 fully saturated rings. The van der Waals surface area contributed by atoms with Gasteiger partial charge in [-0.2, -0.15) is 0 Å². The number of aryl methyl sites for hydroxylation is 1. The van der Waals surface area contributed by atoms with E-state index in [9.17, 15) is 4.79 Å². The molecule has 17 heavy (non-hydrogen) atoms. The molecule has 0 saturated heterocycles. The van der Waals surface area contributed by atoms with Crippen molar-refractivity contribution in [1.29, 1.82) is 0 Å². The summed E-state index contributed by atoms with van der Waals surface area (Å²) in [4.78, 5) is 11.7. The lowest BCUT2D eigenvalue weighted by atomic mass is 10.1. The SMILES string of the molecule is CCC(CC)NC(=O)CCc1cccc(Cl)c1. The quantitative estimate of drug-likeness (QED) is 0.825. The normalized spacial score (nSPS) is 10.6. The molecule has 0 radical (unpaired) electrons. The highest BCUT2D eigenvalue weighted by atomic mass is 35.5. The van der Waals surface area contributed by atoms with E-state index in [0.717, 1.165) is 29.8 Å². The Morgan fingerprint density at radius 3 is 2.65 bits per heavy atom. The lowest BCUT2D eigenvalue weighted by Gasteiger charge is -2.14. The highest BCUT2D eigenvalue weighted by molar-refractivity contribution is 6.30. The Hall–Kier alpha value is -1.02. The van der Waals surface area contributed by atoms with Gasteiger partial charge < -0.3 is 5.32 Å².